The summed E-state index contributed by atoms with van der Waals surface area (Å²) in [5.74, 6) is -0.426. The molecule has 0 spiro atoms. The van der Waals surface area contributed by atoms with Crippen LogP contribution in [-0.4, -0.2) is 74.9 Å². The third-order valence-corrected chi connectivity index (χ3v) is 5.37. The molecule has 1 aromatic carbocycles. The highest BCUT2D eigenvalue weighted by Crippen LogP contribution is 2.18. The van der Waals surface area contributed by atoms with Crippen LogP contribution in [0, 0.1) is 0 Å². The van der Waals surface area contributed by atoms with E-state index in [0.717, 1.165) is 23.5 Å². The molecule has 31 heavy (non-hydrogen) atoms. The van der Waals surface area contributed by atoms with Crippen molar-refractivity contribution in [1.29, 1.82) is 0 Å². The number of rotatable bonds is 7. The molecule has 0 radical (unpaired) electrons. The van der Waals surface area contributed by atoms with Crippen LogP contribution < -0.4 is 11.2 Å². The summed E-state index contributed by atoms with van der Waals surface area (Å²) in [6, 6.07) is 7.79. The van der Waals surface area contributed by atoms with E-state index in [9.17, 15) is 4.79 Å². The lowest BCUT2D eigenvalue weighted by Gasteiger charge is -2.25. The molecule has 0 aliphatic carbocycles. The number of benzene rings is 1. The van der Waals surface area contributed by atoms with Gasteiger partial charge >= 0.3 is 0 Å². The second-order valence-electron chi connectivity index (χ2n) is 6.63. The Morgan fingerprint density at radius 2 is 2.06 bits per heavy atom. The van der Waals surface area contributed by atoms with Gasteiger partial charge in [-0.25, -0.2) is 10.1 Å². The molecular formula is C18H21N9O3S. The number of nitrogens with one attached hydrogen (secondary N) is 1. The van der Waals surface area contributed by atoms with Gasteiger partial charge in [-0.2, -0.15) is 9.78 Å². The maximum absolute atomic E-state index is 13.0. The van der Waals surface area contributed by atoms with Crippen LogP contribution in [0.15, 0.2) is 38.9 Å². The maximum atomic E-state index is 13.0. The fourth-order valence-electron chi connectivity index (χ4n) is 3.01. The molecule has 4 rings (SSSR count). The smallest absolute Gasteiger partial charge is 0.292 e. The van der Waals surface area contributed by atoms with Crippen LogP contribution in [0.3, 0.4) is 0 Å². The first-order chi connectivity index (χ1) is 15.2. The van der Waals surface area contributed by atoms with Crippen LogP contribution in [0.4, 0.5) is 5.82 Å². The van der Waals surface area contributed by atoms with E-state index in [-0.39, 0.29) is 17.3 Å². The molecule has 0 bridgehead atoms. The number of aromatic nitrogens is 5. The topological polar surface area (TPSA) is 150 Å². The van der Waals surface area contributed by atoms with E-state index >= 15 is 0 Å². The number of carbonyl (C=O) groups is 1. The fraction of sp³-hybridized carbons (Fsp3) is 0.333. The molecule has 1 aliphatic heterocycles. The van der Waals surface area contributed by atoms with Crippen LogP contribution >= 0.6 is 11.8 Å². The monoisotopic (exact) mass is 443 g/mol. The Hall–Kier alpha value is -3.29. The van der Waals surface area contributed by atoms with Crippen LogP contribution in [0.5, 0.6) is 0 Å². The van der Waals surface area contributed by atoms with Crippen LogP contribution in [-0.2, 0) is 11.3 Å². The van der Waals surface area contributed by atoms with Gasteiger partial charge in [0.25, 0.3) is 5.91 Å². The predicted octanol–water partition coefficient (Wildman–Crippen LogP) is 0.551. The van der Waals surface area contributed by atoms with Gasteiger partial charge in [-0.3, -0.25) is 9.69 Å². The Morgan fingerprint density at radius 1 is 1.29 bits per heavy atom. The third-order valence-electron chi connectivity index (χ3n) is 4.62. The van der Waals surface area contributed by atoms with Gasteiger partial charge in [0.2, 0.25) is 11.6 Å². The minimum Gasteiger partial charge on any atom is -0.379 e. The van der Waals surface area contributed by atoms with Crippen molar-refractivity contribution in [3.63, 3.8) is 0 Å². The lowest BCUT2D eigenvalue weighted by molar-refractivity contribution is 0.0335. The van der Waals surface area contributed by atoms with Gasteiger partial charge in [0.05, 0.1) is 19.4 Å². The average Bonchev–Trinajstić information content (AvgIpc) is 3.40. The minimum absolute atomic E-state index is 0.00532. The number of amides is 1. The van der Waals surface area contributed by atoms with Crippen LogP contribution in [0.2, 0.25) is 0 Å². The molecule has 12 nitrogen and oxygen atoms in total. The second kappa shape index (κ2) is 9.68. The van der Waals surface area contributed by atoms with Crippen LogP contribution in [0.1, 0.15) is 21.7 Å². The highest BCUT2D eigenvalue weighted by Gasteiger charge is 2.26. The molecule has 1 aliphatic rings. The molecule has 162 valence electrons. The number of ether oxygens (including phenoxy) is 1. The van der Waals surface area contributed by atoms with Crippen molar-refractivity contribution < 1.29 is 14.2 Å². The number of anilines is 1. The number of hydrazone groups is 1. The van der Waals surface area contributed by atoms with Crippen molar-refractivity contribution in [3.8, 4) is 5.82 Å². The van der Waals surface area contributed by atoms with Gasteiger partial charge in [-0.05, 0) is 34.3 Å². The standard InChI is InChI=1S/C18H21N9O3S/c1-31-13-4-2-12(3-5-13)10-20-22-18(28)15-14(11-26-6-8-29-9-7-26)21-25-27(15)17-16(19)23-30-24-17/h2-5,10H,6-9,11H2,1H3,(H2,19,23)(H,22,28)/b20-10-. The van der Waals surface area contributed by atoms with Gasteiger partial charge in [0.1, 0.15) is 5.69 Å². The number of nitrogens with two attached hydrogens (primary N) is 1. The summed E-state index contributed by atoms with van der Waals surface area (Å²) in [4.78, 5) is 16.3. The molecule has 0 unspecified atom stereocenters. The SMILES string of the molecule is CSc1ccc(/C=N\NC(=O)c2c(CN3CCOCC3)nnn2-c2nonc2N)cc1. The predicted molar refractivity (Wildman–Crippen MR) is 113 cm³/mol. The number of thioether (sulfide) groups is 1. The maximum Gasteiger partial charge on any atom is 0.292 e. The van der Waals surface area contributed by atoms with E-state index in [0.29, 0.717) is 25.5 Å². The summed E-state index contributed by atoms with van der Waals surface area (Å²) in [6.07, 6.45) is 3.57. The summed E-state index contributed by atoms with van der Waals surface area (Å²) in [5.41, 5.74) is 9.78. The second-order valence-corrected chi connectivity index (χ2v) is 7.51. The number of hydrogen-bond donors (Lipinski definition) is 2. The van der Waals surface area contributed by atoms with E-state index in [1.165, 1.54) is 4.68 Å². The summed E-state index contributed by atoms with van der Waals surface area (Å²) in [7, 11) is 0. The Kier molecular flexibility index (Phi) is 6.54. The van der Waals surface area contributed by atoms with E-state index in [1.807, 2.05) is 30.5 Å². The van der Waals surface area contributed by atoms with Crippen LogP contribution in [0.25, 0.3) is 5.82 Å². The number of hydrogen-bond acceptors (Lipinski definition) is 11. The number of carbonyl (C=O) groups excluding carboxylic acids is 1. The number of morpholine rings is 1. The van der Waals surface area contributed by atoms with Crippen molar-refractivity contribution in [3.05, 3.63) is 41.2 Å². The molecule has 2 aromatic heterocycles. The molecule has 0 saturated carbocycles. The van der Waals surface area contributed by atoms with E-state index in [2.05, 4.69) is 40.7 Å². The largest absolute Gasteiger partial charge is 0.379 e. The Balaban J connectivity index is 1.56. The zero-order chi connectivity index (χ0) is 21.6. The molecular weight excluding hydrogens is 422 g/mol. The summed E-state index contributed by atoms with van der Waals surface area (Å²) in [6.45, 7) is 3.11. The van der Waals surface area contributed by atoms with E-state index < -0.39 is 5.91 Å². The fourth-order valence-corrected chi connectivity index (χ4v) is 3.42. The van der Waals surface area contributed by atoms with Gasteiger partial charge in [0.15, 0.2) is 5.69 Å². The van der Waals surface area contributed by atoms with Crippen molar-refractivity contribution >= 4 is 29.7 Å². The molecule has 0 atom stereocenters. The average molecular weight is 443 g/mol. The zero-order valence-electron chi connectivity index (χ0n) is 16.8. The van der Waals surface area contributed by atoms with Gasteiger partial charge in [-0.1, -0.05) is 17.3 Å². The molecule has 1 amide bonds. The van der Waals surface area contributed by atoms with Gasteiger partial charge < -0.3 is 10.5 Å². The molecule has 3 N–H and O–H groups in total. The first-order valence-electron chi connectivity index (χ1n) is 9.46. The summed E-state index contributed by atoms with van der Waals surface area (Å²) < 4.78 is 11.2. The normalized spacial score (nSPS) is 14.9. The lowest BCUT2D eigenvalue weighted by Crippen LogP contribution is -2.36. The molecule has 3 aromatic rings. The van der Waals surface area contributed by atoms with E-state index in [4.69, 9.17) is 10.5 Å². The van der Waals surface area contributed by atoms with Gasteiger partial charge in [0, 0.05) is 24.5 Å². The summed E-state index contributed by atoms with van der Waals surface area (Å²) >= 11 is 1.65. The Bertz CT molecular complexity index is 1060. The molecule has 1 fully saturated rings. The quantitative estimate of drug-likeness (QED) is 0.301. The zero-order valence-corrected chi connectivity index (χ0v) is 17.6. The first-order valence-corrected chi connectivity index (χ1v) is 10.7. The highest BCUT2D eigenvalue weighted by molar-refractivity contribution is 7.98. The van der Waals surface area contributed by atoms with Crippen molar-refractivity contribution in [2.24, 2.45) is 5.10 Å². The van der Waals surface area contributed by atoms with Crippen molar-refractivity contribution in [2.45, 2.75) is 11.4 Å². The molecule has 1 saturated heterocycles. The number of nitrogen functional groups attached to an aromatic ring is 1. The Labute approximate surface area is 181 Å². The summed E-state index contributed by atoms with van der Waals surface area (Å²) in [5, 5.41) is 19.5. The molecule has 3 heterocycles. The highest BCUT2D eigenvalue weighted by atomic mass is 32.2. The lowest BCUT2D eigenvalue weighted by atomic mass is 10.2. The minimum atomic E-state index is -0.507. The van der Waals surface area contributed by atoms with Crippen molar-refractivity contribution in [2.75, 3.05) is 38.3 Å². The van der Waals surface area contributed by atoms with Gasteiger partial charge in [-0.15, -0.1) is 16.9 Å². The third kappa shape index (κ3) is 4.90. The Morgan fingerprint density at radius 3 is 2.74 bits per heavy atom. The van der Waals surface area contributed by atoms with E-state index in [1.54, 1.807) is 18.0 Å². The first kappa shape index (κ1) is 21.0. The molecule has 13 heteroatoms. The number of nitrogens with zero attached hydrogens (tertiary/aromatic N) is 7. The van der Waals surface area contributed by atoms with Crippen molar-refractivity contribution in [1.82, 2.24) is 35.6 Å².